The lowest BCUT2D eigenvalue weighted by molar-refractivity contribution is -0.117. The van der Waals surface area contributed by atoms with Gasteiger partial charge in [-0.05, 0) is 35.9 Å². The van der Waals surface area contributed by atoms with E-state index in [2.05, 4.69) is 5.10 Å². The van der Waals surface area contributed by atoms with Gasteiger partial charge in [-0.3, -0.25) is 9.59 Å². The highest BCUT2D eigenvalue weighted by atomic mass is 35.5. The van der Waals surface area contributed by atoms with E-state index in [9.17, 15) is 9.59 Å². The number of benzene rings is 2. The Morgan fingerprint density at radius 3 is 2.59 bits per heavy atom. The fourth-order valence-electron chi connectivity index (χ4n) is 2.30. The number of nitrogens with two attached hydrogens (primary N) is 1. The minimum absolute atomic E-state index is 0.106. The number of aldehydes is 1. The van der Waals surface area contributed by atoms with Gasteiger partial charge in [-0.1, -0.05) is 17.7 Å². The lowest BCUT2D eigenvalue weighted by Gasteiger charge is -2.01. The van der Waals surface area contributed by atoms with Gasteiger partial charge in [0, 0.05) is 17.1 Å². The van der Waals surface area contributed by atoms with Crippen molar-refractivity contribution in [2.75, 3.05) is 0 Å². The molecule has 0 radical (unpaired) electrons. The van der Waals surface area contributed by atoms with Crippen LogP contribution in [0.2, 0.25) is 5.02 Å². The maximum Gasteiger partial charge on any atom is 0.221 e. The molecule has 5 nitrogen and oxygen atoms in total. The monoisotopic (exact) mass is 313 g/mol. The van der Waals surface area contributed by atoms with Crippen molar-refractivity contribution in [3.63, 3.8) is 0 Å². The molecule has 1 aromatic heterocycles. The van der Waals surface area contributed by atoms with Gasteiger partial charge in [0.2, 0.25) is 5.91 Å². The fourth-order valence-corrected chi connectivity index (χ4v) is 2.50. The van der Waals surface area contributed by atoms with Crippen molar-refractivity contribution >= 4 is 34.7 Å². The predicted octanol–water partition coefficient (Wildman–Crippen LogP) is 2.52. The Hall–Kier alpha value is -2.66. The molecule has 0 spiro atoms. The Morgan fingerprint density at radius 1 is 1.23 bits per heavy atom. The first kappa shape index (κ1) is 14.3. The van der Waals surface area contributed by atoms with E-state index in [-0.39, 0.29) is 6.42 Å². The molecule has 2 aromatic carbocycles. The summed E-state index contributed by atoms with van der Waals surface area (Å²) in [6.45, 7) is 0. The number of primary amides is 1. The van der Waals surface area contributed by atoms with Crippen molar-refractivity contribution in [3.8, 4) is 5.69 Å². The van der Waals surface area contributed by atoms with Crippen molar-refractivity contribution in [1.29, 1.82) is 0 Å². The summed E-state index contributed by atoms with van der Waals surface area (Å²) in [7, 11) is 0. The maximum absolute atomic E-state index is 11.2. The molecule has 0 saturated heterocycles. The highest BCUT2D eigenvalue weighted by Gasteiger charge is 2.12. The van der Waals surface area contributed by atoms with E-state index in [0.717, 1.165) is 22.9 Å². The molecule has 0 saturated carbocycles. The smallest absolute Gasteiger partial charge is 0.221 e. The largest absolute Gasteiger partial charge is 0.369 e. The van der Waals surface area contributed by atoms with Crippen LogP contribution in [-0.4, -0.2) is 22.0 Å². The average molecular weight is 314 g/mol. The molecule has 0 aliphatic heterocycles. The summed E-state index contributed by atoms with van der Waals surface area (Å²) in [5.41, 5.74) is 8.02. The lowest BCUT2D eigenvalue weighted by atomic mass is 10.1. The van der Waals surface area contributed by atoms with E-state index < -0.39 is 5.91 Å². The van der Waals surface area contributed by atoms with Gasteiger partial charge in [0.15, 0.2) is 0 Å². The molecule has 0 atom stereocenters. The summed E-state index contributed by atoms with van der Waals surface area (Å²) in [6, 6.07) is 10.5. The standard InChI is InChI=1S/C16H12ClN3O2/c17-14-6-3-11(7-15(18)22)16-13(14)8-20(19-16)12-4-1-10(9-21)2-5-12/h1-6,8-9H,7H2,(H2,18,22). The van der Waals surface area contributed by atoms with Crippen LogP contribution in [0.25, 0.3) is 16.6 Å². The zero-order valence-corrected chi connectivity index (χ0v) is 12.2. The van der Waals surface area contributed by atoms with E-state index in [4.69, 9.17) is 17.3 Å². The molecule has 3 rings (SSSR count). The topological polar surface area (TPSA) is 78.0 Å². The quantitative estimate of drug-likeness (QED) is 0.752. The third kappa shape index (κ3) is 2.58. The van der Waals surface area contributed by atoms with E-state index in [1.807, 2.05) is 0 Å². The molecule has 0 bridgehead atoms. The Labute approximate surface area is 131 Å². The predicted molar refractivity (Wildman–Crippen MR) is 84.4 cm³/mol. The van der Waals surface area contributed by atoms with Gasteiger partial charge in [-0.2, -0.15) is 5.10 Å². The average Bonchev–Trinajstić information content (AvgIpc) is 2.96. The molecular formula is C16H12ClN3O2. The molecule has 2 N–H and O–H groups in total. The van der Waals surface area contributed by atoms with Crippen LogP contribution in [0.5, 0.6) is 0 Å². The number of hydrogen-bond acceptors (Lipinski definition) is 3. The molecule has 1 amide bonds. The molecule has 3 aromatic rings. The van der Waals surface area contributed by atoms with Crippen LogP contribution in [0.15, 0.2) is 42.6 Å². The first-order chi connectivity index (χ1) is 10.6. The first-order valence-electron chi connectivity index (χ1n) is 6.59. The number of amides is 1. The van der Waals surface area contributed by atoms with Crippen LogP contribution in [0.4, 0.5) is 0 Å². The lowest BCUT2D eigenvalue weighted by Crippen LogP contribution is -2.13. The molecule has 1 heterocycles. The van der Waals surface area contributed by atoms with Crippen LogP contribution < -0.4 is 5.73 Å². The third-order valence-electron chi connectivity index (χ3n) is 3.36. The second-order valence-corrected chi connectivity index (χ2v) is 5.30. The maximum atomic E-state index is 11.2. The highest BCUT2D eigenvalue weighted by molar-refractivity contribution is 6.35. The van der Waals surface area contributed by atoms with Gasteiger partial charge >= 0.3 is 0 Å². The van der Waals surface area contributed by atoms with Crippen LogP contribution >= 0.6 is 11.6 Å². The summed E-state index contributed by atoms with van der Waals surface area (Å²) >= 11 is 6.20. The van der Waals surface area contributed by atoms with Crippen LogP contribution in [0.3, 0.4) is 0 Å². The second kappa shape index (κ2) is 5.61. The van der Waals surface area contributed by atoms with Crippen LogP contribution in [0.1, 0.15) is 15.9 Å². The van der Waals surface area contributed by atoms with Crippen molar-refractivity contribution in [2.24, 2.45) is 5.73 Å². The summed E-state index contributed by atoms with van der Waals surface area (Å²) in [5, 5.41) is 5.79. The normalized spacial score (nSPS) is 10.8. The molecule has 0 aliphatic carbocycles. The van der Waals surface area contributed by atoms with Gasteiger partial charge in [0.25, 0.3) is 0 Å². The Bertz CT molecular complexity index is 869. The van der Waals surface area contributed by atoms with Gasteiger partial charge in [-0.25, -0.2) is 4.68 Å². The fraction of sp³-hybridized carbons (Fsp3) is 0.0625. The zero-order valence-electron chi connectivity index (χ0n) is 11.5. The van der Waals surface area contributed by atoms with E-state index in [1.54, 1.807) is 47.3 Å². The van der Waals surface area contributed by atoms with E-state index in [0.29, 0.717) is 16.1 Å². The van der Waals surface area contributed by atoms with Gasteiger partial charge in [0.05, 0.1) is 22.6 Å². The number of hydrogen-bond donors (Lipinski definition) is 1. The Kier molecular flexibility index (Phi) is 3.65. The summed E-state index contributed by atoms with van der Waals surface area (Å²) in [6.07, 6.45) is 2.68. The van der Waals surface area contributed by atoms with Gasteiger partial charge in [0.1, 0.15) is 6.29 Å². The molecular weight excluding hydrogens is 302 g/mol. The number of aromatic nitrogens is 2. The second-order valence-electron chi connectivity index (χ2n) is 4.89. The molecule has 6 heteroatoms. The van der Waals surface area contributed by atoms with Gasteiger partial charge < -0.3 is 5.73 Å². The number of fused-ring (bicyclic) bond motifs is 1. The number of halogens is 1. The number of carbonyl (C=O) groups is 2. The van der Waals surface area contributed by atoms with E-state index in [1.165, 1.54) is 0 Å². The van der Waals surface area contributed by atoms with Crippen LogP contribution in [-0.2, 0) is 11.2 Å². The highest BCUT2D eigenvalue weighted by Crippen LogP contribution is 2.27. The van der Waals surface area contributed by atoms with Crippen molar-refractivity contribution in [3.05, 3.63) is 58.7 Å². The van der Waals surface area contributed by atoms with Crippen LogP contribution in [0, 0.1) is 0 Å². The van der Waals surface area contributed by atoms with Gasteiger partial charge in [-0.15, -0.1) is 0 Å². The number of nitrogens with zero attached hydrogens (tertiary/aromatic N) is 2. The summed E-state index contributed by atoms with van der Waals surface area (Å²) < 4.78 is 1.66. The minimum Gasteiger partial charge on any atom is -0.369 e. The van der Waals surface area contributed by atoms with Crippen molar-refractivity contribution in [1.82, 2.24) is 9.78 Å². The first-order valence-corrected chi connectivity index (χ1v) is 6.97. The minimum atomic E-state index is -0.423. The third-order valence-corrected chi connectivity index (χ3v) is 3.69. The van der Waals surface area contributed by atoms with Crippen molar-refractivity contribution < 1.29 is 9.59 Å². The molecule has 0 aliphatic rings. The number of carbonyl (C=O) groups excluding carboxylic acids is 2. The SMILES string of the molecule is NC(=O)Cc1ccc(Cl)c2cn(-c3ccc(C=O)cc3)nc12. The molecule has 110 valence electrons. The summed E-state index contributed by atoms with van der Waals surface area (Å²) in [5.74, 6) is -0.423. The Balaban J connectivity index is 2.13. The Morgan fingerprint density at radius 2 is 1.95 bits per heavy atom. The molecule has 0 unspecified atom stereocenters. The zero-order chi connectivity index (χ0) is 15.7. The molecule has 0 fully saturated rings. The molecule has 22 heavy (non-hydrogen) atoms. The van der Waals surface area contributed by atoms with E-state index >= 15 is 0 Å². The summed E-state index contributed by atoms with van der Waals surface area (Å²) in [4.78, 5) is 21.9. The number of rotatable bonds is 4. The van der Waals surface area contributed by atoms with Crippen molar-refractivity contribution in [2.45, 2.75) is 6.42 Å².